The number of aromatic nitrogens is 1. The van der Waals surface area contributed by atoms with Crippen LogP contribution in [0.5, 0.6) is 0 Å². The molecule has 0 fully saturated rings. The number of amidine groups is 1. The lowest BCUT2D eigenvalue weighted by atomic mass is 10.1. The molecule has 2 aromatic carbocycles. The van der Waals surface area contributed by atoms with Gasteiger partial charge >= 0.3 is 0 Å². The van der Waals surface area contributed by atoms with Crippen molar-refractivity contribution in [3.05, 3.63) is 69.3 Å². The van der Waals surface area contributed by atoms with Gasteiger partial charge in [0.1, 0.15) is 5.84 Å². The molecule has 1 aliphatic heterocycles. The lowest BCUT2D eigenvalue weighted by molar-refractivity contribution is 0.803. The van der Waals surface area contributed by atoms with E-state index in [-0.39, 0.29) is 12.4 Å². The number of fused-ring (bicyclic) bond motifs is 1. The van der Waals surface area contributed by atoms with E-state index in [9.17, 15) is 0 Å². The average molecular weight is 395 g/mol. The van der Waals surface area contributed by atoms with Crippen LogP contribution in [-0.2, 0) is 6.54 Å². The third-order valence-corrected chi connectivity index (χ3v) is 4.90. The number of nitrogens with one attached hydrogen (secondary N) is 1. The molecule has 4 rings (SSSR count). The highest BCUT2D eigenvalue weighted by Crippen LogP contribution is 2.30. The van der Waals surface area contributed by atoms with Gasteiger partial charge in [0.05, 0.1) is 6.54 Å². The Morgan fingerprint density at radius 2 is 1.92 bits per heavy atom. The van der Waals surface area contributed by atoms with Gasteiger partial charge in [0.25, 0.3) is 0 Å². The van der Waals surface area contributed by atoms with Crippen LogP contribution in [0.1, 0.15) is 16.8 Å². The molecule has 0 saturated heterocycles. The van der Waals surface area contributed by atoms with E-state index >= 15 is 0 Å². The summed E-state index contributed by atoms with van der Waals surface area (Å²) in [5.41, 5.74) is 4.65. The van der Waals surface area contributed by atoms with Crippen molar-refractivity contribution in [3.8, 4) is 0 Å². The van der Waals surface area contributed by atoms with E-state index in [2.05, 4.69) is 33.9 Å². The molecule has 1 aliphatic rings. The predicted molar refractivity (Wildman–Crippen MR) is 109 cm³/mol. The third-order valence-electron chi connectivity index (χ3n) is 4.43. The van der Waals surface area contributed by atoms with Crippen LogP contribution in [0.3, 0.4) is 0 Å². The molecule has 3 aromatic rings. The van der Waals surface area contributed by atoms with Gasteiger partial charge in [-0.05, 0) is 42.8 Å². The summed E-state index contributed by atoms with van der Waals surface area (Å²) in [5.74, 6) is 0.963. The van der Waals surface area contributed by atoms with E-state index in [1.165, 1.54) is 11.3 Å². The highest BCUT2D eigenvalue weighted by Gasteiger charge is 2.20. The minimum Gasteiger partial charge on any atom is -0.368 e. The summed E-state index contributed by atoms with van der Waals surface area (Å²) in [6, 6.07) is 14.0. The number of hydrogen-bond acceptors (Lipinski definition) is 2. The number of halogens is 3. The lowest BCUT2D eigenvalue weighted by Crippen LogP contribution is -2.20. The predicted octanol–water partition coefficient (Wildman–Crippen LogP) is 5.08. The zero-order chi connectivity index (χ0) is 16.7. The first-order valence-electron chi connectivity index (χ1n) is 7.95. The van der Waals surface area contributed by atoms with Gasteiger partial charge in [-0.2, -0.15) is 0 Å². The van der Waals surface area contributed by atoms with Crippen molar-refractivity contribution in [2.75, 3.05) is 13.1 Å². The molecule has 1 N–H and O–H groups in total. The minimum atomic E-state index is 0. The van der Waals surface area contributed by atoms with Crippen LogP contribution in [0.25, 0.3) is 10.9 Å². The largest absolute Gasteiger partial charge is 0.368 e. The fraction of sp³-hybridized carbons (Fsp3) is 0.211. The molecular formula is C19H18Cl3N3. The monoisotopic (exact) mass is 393 g/mol. The lowest BCUT2D eigenvalue weighted by Gasteiger charge is -2.10. The van der Waals surface area contributed by atoms with Gasteiger partial charge in [-0.15, -0.1) is 12.4 Å². The molecule has 6 heteroatoms. The van der Waals surface area contributed by atoms with E-state index < -0.39 is 0 Å². The van der Waals surface area contributed by atoms with Gasteiger partial charge in [0.2, 0.25) is 0 Å². The summed E-state index contributed by atoms with van der Waals surface area (Å²) in [6.07, 6.45) is 0. The molecule has 0 bridgehead atoms. The standard InChI is InChI=1S/C19H17Cl2N3.ClH/c1-12-18(19-22-7-8-23-19)16-10-15(21)5-6-17(16)24(12)11-13-3-2-4-14(20)9-13;/h2-6,9-10H,7-8,11H2,1H3,(H,22,23);1H. The summed E-state index contributed by atoms with van der Waals surface area (Å²) in [5, 5.41) is 6.01. The van der Waals surface area contributed by atoms with Crippen molar-refractivity contribution in [2.45, 2.75) is 13.5 Å². The summed E-state index contributed by atoms with van der Waals surface area (Å²) < 4.78 is 2.30. The van der Waals surface area contributed by atoms with Gasteiger partial charge in [0, 0.05) is 45.3 Å². The maximum atomic E-state index is 6.25. The molecule has 25 heavy (non-hydrogen) atoms. The number of hydrogen-bond donors (Lipinski definition) is 1. The molecule has 0 radical (unpaired) electrons. The van der Waals surface area contributed by atoms with Crippen molar-refractivity contribution in [1.29, 1.82) is 0 Å². The minimum absolute atomic E-state index is 0. The molecular weight excluding hydrogens is 377 g/mol. The third kappa shape index (κ3) is 3.37. The maximum absolute atomic E-state index is 6.25. The highest BCUT2D eigenvalue weighted by atomic mass is 35.5. The maximum Gasteiger partial charge on any atom is 0.130 e. The van der Waals surface area contributed by atoms with Crippen molar-refractivity contribution in [2.24, 2.45) is 4.99 Å². The van der Waals surface area contributed by atoms with Gasteiger partial charge in [-0.1, -0.05) is 35.3 Å². The Morgan fingerprint density at radius 3 is 2.64 bits per heavy atom. The smallest absolute Gasteiger partial charge is 0.130 e. The Kier molecular flexibility index (Phi) is 5.28. The molecule has 2 heterocycles. The van der Waals surface area contributed by atoms with E-state index in [0.29, 0.717) is 0 Å². The topological polar surface area (TPSA) is 29.3 Å². The van der Waals surface area contributed by atoms with E-state index in [1.807, 2.05) is 30.3 Å². The van der Waals surface area contributed by atoms with Gasteiger partial charge in [0.15, 0.2) is 0 Å². The zero-order valence-corrected chi connectivity index (χ0v) is 16.0. The van der Waals surface area contributed by atoms with Crippen LogP contribution in [0.15, 0.2) is 47.5 Å². The van der Waals surface area contributed by atoms with E-state index in [4.69, 9.17) is 23.2 Å². The second-order valence-corrected chi connectivity index (χ2v) is 6.87. The van der Waals surface area contributed by atoms with Crippen molar-refractivity contribution in [3.63, 3.8) is 0 Å². The van der Waals surface area contributed by atoms with Crippen LogP contribution in [-0.4, -0.2) is 23.5 Å². The van der Waals surface area contributed by atoms with Crippen LogP contribution in [0.2, 0.25) is 10.0 Å². The molecule has 0 unspecified atom stereocenters. The normalized spacial score (nSPS) is 13.5. The number of benzene rings is 2. The van der Waals surface area contributed by atoms with Crippen LogP contribution in [0, 0.1) is 6.92 Å². The summed E-state index contributed by atoms with van der Waals surface area (Å²) in [7, 11) is 0. The molecule has 0 aliphatic carbocycles. The van der Waals surface area contributed by atoms with Crippen molar-refractivity contribution >= 4 is 52.3 Å². The van der Waals surface area contributed by atoms with Crippen LogP contribution >= 0.6 is 35.6 Å². The molecule has 0 atom stereocenters. The first-order chi connectivity index (χ1) is 11.6. The average Bonchev–Trinajstić information content (AvgIpc) is 3.15. The zero-order valence-electron chi connectivity index (χ0n) is 13.7. The van der Waals surface area contributed by atoms with Crippen molar-refractivity contribution < 1.29 is 0 Å². The second kappa shape index (κ2) is 7.28. The number of nitrogens with zero attached hydrogens (tertiary/aromatic N) is 2. The fourth-order valence-corrected chi connectivity index (χ4v) is 3.73. The summed E-state index contributed by atoms with van der Waals surface area (Å²) in [4.78, 5) is 4.61. The number of aliphatic imine (C=N–C) groups is 1. The Bertz CT molecular complexity index is 960. The Hall–Kier alpha value is -1.68. The SMILES string of the molecule is Cc1c(C2=NCCN2)c2cc(Cl)ccc2n1Cc1cccc(Cl)c1.Cl. The van der Waals surface area contributed by atoms with Crippen LogP contribution < -0.4 is 5.32 Å². The Labute approximate surface area is 163 Å². The first kappa shape index (κ1) is 18.1. The van der Waals surface area contributed by atoms with Crippen molar-refractivity contribution in [1.82, 2.24) is 9.88 Å². The van der Waals surface area contributed by atoms with Crippen LogP contribution in [0.4, 0.5) is 0 Å². The molecule has 1 aromatic heterocycles. The second-order valence-electron chi connectivity index (χ2n) is 6.00. The van der Waals surface area contributed by atoms with Gasteiger partial charge in [-0.3, -0.25) is 4.99 Å². The number of rotatable bonds is 3. The quantitative estimate of drug-likeness (QED) is 0.660. The molecule has 0 saturated carbocycles. The Morgan fingerprint density at radius 1 is 1.12 bits per heavy atom. The van der Waals surface area contributed by atoms with Gasteiger partial charge in [-0.25, -0.2) is 0 Å². The highest BCUT2D eigenvalue weighted by molar-refractivity contribution is 6.31. The Balaban J connectivity index is 0.00000182. The summed E-state index contributed by atoms with van der Waals surface area (Å²) >= 11 is 12.4. The van der Waals surface area contributed by atoms with E-state index in [1.54, 1.807) is 0 Å². The summed E-state index contributed by atoms with van der Waals surface area (Å²) in [6.45, 7) is 4.60. The molecule has 130 valence electrons. The fourth-order valence-electron chi connectivity index (χ4n) is 3.34. The first-order valence-corrected chi connectivity index (χ1v) is 8.70. The van der Waals surface area contributed by atoms with Gasteiger partial charge < -0.3 is 9.88 Å². The molecule has 0 amide bonds. The molecule has 3 nitrogen and oxygen atoms in total. The van der Waals surface area contributed by atoms with E-state index in [0.717, 1.165) is 52.0 Å². The molecule has 0 spiro atoms.